The van der Waals surface area contributed by atoms with Crippen molar-refractivity contribution in [2.24, 2.45) is 0 Å². The molecule has 1 saturated heterocycles. The van der Waals surface area contributed by atoms with Gasteiger partial charge in [0.05, 0.1) is 0 Å². The van der Waals surface area contributed by atoms with Gasteiger partial charge in [0, 0.05) is 30.7 Å². The Morgan fingerprint density at radius 1 is 1.17 bits per heavy atom. The fraction of sp³-hybridized carbons (Fsp3) is 0.875. The first-order chi connectivity index (χ1) is 8.70. The van der Waals surface area contributed by atoms with Crippen molar-refractivity contribution < 1.29 is 0 Å². The summed E-state index contributed by atoms with van der Waals surface area (Å²) in [6.07, 6.45) is 11.5. The molecule has 2 fully saturated rings. The molecule has 2 nitrogen and oxygen atoms in total. The highest BCUT2D eigenvalue weighted by atomic mass is 15.3. The van der Waals surface area contributed by atoms with E-state index in [2.05, 4.69) is 36.7 Å². The summed E-state index contributed by atoms with van der Waals surface area (Å²) >= 11 is 0. The van der Waals surface area contributed by atoms with Crippen LogP contribution in [-0.4, -0.2) is 35.6 Å². The molecule has 2 rings (SSSR count). The molecule has 1 aliphatic carbocycles. The summed E-state index contributed by atoms with van der Waals surface area (Å²) in [5.74, 6) is 0. The first kappa shape index (κ1) is 14.1. The van der Waals surface area contributed by atoms with E-state index in [0.717, 1.165) is 6.54 Å². The number of rotatable bonds is 4. The van der Waals surface area contributed by atoms with Crippen LogP contribution in [0.2, 0.25) is 0 Å². The van der Waals surface area contributed by atoms with Crippen molar-refractivity contribution in [1.82, 2.24) is 10.2 Å². The molecule has 18 heavy (non-hydrogen) atoms. The van der Waals surface area contributed by atoms with E-state index in [-0.39, 0.29) is 0 Å². The van der Waals surface area contributed by atoms with E-state index in [0.29, 0.717) is 11.1 Å². The van der Waals surface area contributed by atoms with Crippen LogP contribution < -0.4 is 5.32 Å². The molecule has 0 bridgehead atoms. The van der Waals surface area contributed by atoms with Crippen LogP contribution in [0.15, 0.2) is 12.7 Å². The number of hydrogen-bond acceptors (Lipinski definition) is 2. The van der Waals surface area contributed by atoms with Crippen molar-refractivity contribution in [2.75, 3.05) is 19.6 Å². The third kappa shape index (κ3) is 2.50. The topological polar surface area (TPSA) is 15.3 Å². The molecule has 1 saturated carbocycles. The van der Waals surface area contributed by atoms with Crippen molar-refractivity contribution in [3.63, 3.8) is 0 Å². The quantitative estimate of drug-likeness (QED) is 0.770. The second kappa shape index (κ2) is 5.75. The first-order valence-electron chi connectivity index (χ1n) is 7.81. The van der Waals surface area contributed by atoms with Gasteiger partial charge in [0.15, 0.2) is 0 Å². The first-order valence-corrected chi connectivity index (χ1v) is 7.81. The Kier molecular flexibility index (Phi) is 4.50. The standard InChI is InChI=1S/C16H30N2/c1-4-12-18-14-15(5-2,6-3)17-13-16(18)10-8-7-9-11-16/h4,17H,1,5-14H2,2-3H3. The predicted molar refractivity (Wildman–Crippen MR) is 78.9 cm³/mol. The normalized spacial score (nSPS) is 27.2. The minimum atomic E-state index is 0.339. The summed E-state index contributed by atoms with van der Waals surface area (Å²) < 4.78 is 0. The predicted octanol–water partition coefficient (Wildman–Crippen LogP) is 3.34. The minimum absolute atomic E-state index is 0.339. The van der Waals surface area contributed by atoms with E-state index in [1.807, 2.05) is 0 Å². The zero-order chi connectivity index (χ0) is 13.1. The summed E-state index contributed by atoms with van der Waals surface area (Å²) in [7, 11) is 0. The Morgan fingerprint density at radius 3 is 2.39 bits per heavy atom. The molecule has 0 unspecified atom stereocenters. The lowest BCUT2D eigenvalue weighted by Crippen LogP contribution is -2.70. The summed E-state index contributed by atoms with van der Waals surface area (Å²) in [5, 5.41) is 3.90. The summed E-state index contributed by atoms with van der Waals surface area (Å²) in [5.41, 5.74) is 0.770. The maximum absolute atomic E-state index is 3.97. The van der Waals surface area contributed by atoms with Crippen LogP contribution in [0.25, 0.3) is 0 Å². The smallest absolute Gasteiger partial charge is 0.0338 e. The largest absolute Gasteiger partial charge is 0.308 e. The van der Waals surface area contributed by atoms with Crippen molar-refractivity contribution in [3.05, 3.63) is 12.7 Å². The number of hydrogen-bond donors (Lipinski definition) is 1. The molecule has 0 radical (unpaired) electrons. The molecule has 104 valence electrons. The molecule has 2 heteroatoms. The van der Waals surface area contributed by atoms with Gasteiger partial charge in [-0.15, -0.1) is 6.58 Å². The summed E-state index contributed by atoms with van der Waals surface area (Å²) in [6, 6.07) is 0. The van der Waals surface area contributed by atoms with E-state index in [4.69, 9.17) is 0 Å². The summed E-state index contributed by atoms with van der Waals surface area (Å²) in [6.45, 7) is 12.1. The van der Waals surface area contributed by atoms with E-state index < -0.39 is 0 Å². The van der Waals surface area contributed by atoms with E-state index in [9.17, 15) is 0 Å². The van der Waals surface area contributed by atoms with Crippen LogP contribution >= 0.6 is 0 Å². The van der Waals surface area contributed by atoms with Crippen molar-refractivity contribution in [1.29, 1.82) is 0 Å². The van der Waals surface area contributed by atoms with Crippen molar-refractivity contribution >= 4 is 0 Å². The van der Waals surface area contributed by atoms with Gasteiger partial charge in [0.2, 0.25) is 0 Å². The van der Waals surface area contributed by atoms with Gasteiger partial charge in [0.1, 0.15) is 0 Å². The molecule has 1 heterocycles. The molecule has 2 aliphatic rings. The zero-order valence-corrected chi connectivity index (χ0v) is 12.3. The Labute approximate surface area is 113 Å². The highest BCUT2D eigenvalue weighted by Crippen LogP contribution is 2.38. The highest BCUT2D eigenvalue weighted by molar-refractivity contribution is 5.06. The van der Waals surface area contributed by atoms with Gasteiger partial charge in [-0.1, -0.05) is 39.2 Å². The molecule has 1 N–H and O–H groups in total. The van der Waals surface area contributed by atoms with E-state index in [1.54, 1.807) is 0 Å². The lowest BCUT2D eigenvalue weighted by atomic mass is 9.75. The van der Waals surface area contributed by atoms with Gasteiger partial charge in [-0.2, -0.15) is 0 Å². The van der Waals surface area contributed by atoms with Gasteiger partial charge in [-0.05, 0) is 25.7 Å². The van der Waals surface area contributed by atoms with Gasteiger partial charge in [-0.3, -0.25) is 4.90 Å². The molecule has 1 aliphatic heterocycles. The molecule has 0 aromatic rings. The second-order valence-electron chi connectivity index (χ2n) is 6.30. The minimum Gasteiger partial charge on any atom is -0.308 e. The molecule has 0 aromatic heterocycles. The number of piperazine rings is 1. The molecular formula is C16H30N2. The molecule has 1 spiro atoms. The Bertz CT molecular complexity index is 275. The van der Waals surface area contributed by atoms with E-state index in [1.165, 1.54) is 58.0 Å². The number of nitrogens with one attached hydrogen (secondary N) is 1. The van der Waals surface area contributed by atoms with Crippen LogP contribution in [0.1, 0.15) is 58.8 Å². The maximum Gasteiger partial charge on any atom is 0.0338 e. The fourth-order valence-corrected chi connectivity index (χ4v) is 3.89. The molecule has 0 atom stereocenters. The highest BCUT2D eigenvalue weighted by Gasteiger charge is 2.45. The van der Waals surface area contributed by atoms with Gasteiger partial charge < -0.3 is 5.32 Å². The lowest BCUT2D eigenvalue weighted by Gasteiger charge is -2.56. The van der Waals surface area contributed by atoms with Crippen LogP contribution in [0.5, 0.6) is 0 Å². The number of nitrogens with zero attached hydrogens (tertiary/aromatic N) is 1. The maximum atomic E-state index is 3.97. The van der Waals surface area contributed by atoms with Crippen LogP contribution in [0, 0.1) is 0 Å². The monoisotopic (exact) mass is 250 g/mol. The summed E-state index contributed by atoms with van der Waals surface area (Å²) in [4.78, 5) is 2.74. The van der Waals surface area contributed by atoms with E-state index >= 15 is 0 Å². The average Bonchev–Trinajstić information content (AvgIpc) is 2.43. The second-order valence-corrected chi connectivity index (χ2v) is 6.30. The SMILES string of the molecule is C=CCN1CC(CC)(CC)NCC12CCCCC2. The molecular weight excluding hydrogens is 220 g/mol. The average molecular weight is 250 g/mol. The zero-order valence-electron chi connectivity index (χ0n) is 12.3. The third-order valence-corrected chi connectivity index (χ3v) is 5.44. The van der Waals surface area contributed by atoms with Crippen molar-refractivity contribution in [2.45, 2.75) is 69.9 Å². The lowest BCUT2D eigenvalue weighted by molar-refractivity contribution is -0.0136. The Balaban J connectivity index is 2.15. The van der Waals surface area contributed by atoms with Gasteiger partial charge >= 0.3 is 0 Å². The molecule has 0 amide bonds. The van der Waals surface area contributed by atoms with Crippen molar-refractivity contribution in [3.8, 4) is 0 Å². The Hall–Kier alpha value is -0.340. The van der Waals surface area contributed by atoms with Crippen LogP contribution in [-0.2, 0) is 0 Å². The Morgan fingerprint density at radius 2 is 1.83 bits per heavy atom. The van der Waals surface area contributed by atoms with Gasteiger partial charge in [0.25, 0.3) is 0 Å². The van der Waals surface area contributed by atoms with Gasteiger partial charge in [-0.25, -0.2) is 0 Å². The van der Waals surface area contributed by atoms with Crippen LogP contribution in [0.3, 0.4) is 0 Å². The molecule has 0 aromatic carbocycles. The fourth-order valence-electron chi connectivity index (χ4n) is 3.89. The third-order valence-electron chi connectivity index (χ3n) is 5.44. The van der Waals surface area contributed by atoms with Crippen LogP contribution in [0.4, 0.5) is 0 Å².